The zero-order chi connectivity index (χ0) is 32.8. The fourth-order valence-electron chi connectivity index (χ4n) is 7.32. The summed E-state index contributed by atoms with van der Waals surface area (Å²) in [6.45, 7) is 6.89. The molecule has 5 aromatic rings. The van der Waals surface area contributed by atoms with Gasteiger partial charge in [0.1, 0.15) is 17.2 Å². The smallest absolute Gasteiger partial charge is 0.410 e. The Morgan fingerprint density at radius 3 is 1.91 bits per heavy atom. The summed E-state index contributed by atoms with van der Waals surface area (Å²) < 4.78 is 7.56. The van der Waals surface area contributed by atoms with E-state index in [9.17, 15) is 14.9 Å². The van der Waals surface area contributed by atoms with Gasteiger partial charge in [-0.15, -0.1) is 0 Å². The second kappa shape index (κ2) is 11.4. The Morgan fingerprint density at radius 2 is 1.38 bits per heavy atom. The van der Waals surface area contributed by atoms with E-state index in [0.29, 0.717) is 37.9 Å². The third kappa shape index (κ3) is 5.03. The molecule has 2 amide bonds. The third-order valence-electron chi connectivity index (χ3n) is 9.49. The molecule has 0 bridgehead atoms. The molecule has 0 saturated carbocycles. The summed E-state index contributed by atoms with van der Waals surface area (Å²) in [7, 11) is 0. The number of fused-ring (bicyclic) bond motifs is 1. The number of hydrogen-bond donors (Lipinski definition) is 0. The molecule has 8 nitrogen and oxygen atoms in total. The van der Waals surface area contributed by atoms with Gasteiger partial charge in [0.15, 0.2) is 5.69 Å². The van der Waals surface area contributed by atoms with Crippen LogP contribution in [-0.4, -0.2) is 51.9 Å². The number of anilines is 1. The first-order valence-electron chi connectivity index (χ1n) is 16.1. The lowest BCUT2D eigenvalue weighted by molar-refractivity contribution is -0.124. The molecule has 0 N–H and O–H groups in total. The average Bonchev–Trinajstić information content (AvgIpc) is 3.78. The fourth-order valence-corrected chi connectivity index (χ4v) is 7.32. The average molecular weight is 624 g/mol. The van der Waals surface area contributed by atoms with Crippen LogP contribution in [0.2, 0.25) is 0 Å². The number of rotatable bonds is 5. The predicted octanol–water partition coefficient (Wildman–Crippen LogP) is 7.11. The van der Waals surface area contributed by atoms with Crippen molar-refractivity contribution >= 4 is 28.6 Å². The summed E-state index contributed by atoms with van der Waals surface area (Å²) in [5, 5.41) is 16.1. The first kappa shape index (κ1) is 30.2. The van der Waals surface area contributed by atoms with Crippen LogP contribution in [0.5, 0.6) is 0 Å². The van der Waals surface area contributed by atoms with Crippen LogP contribution in [0.25, 0.3) is 10.9 Å². The van der Waals surface area contributed by atoms with Crippen molar-refractivity contribution in [3.05, 3.63) is 132 Å². The van der Waals surface area contributed by atoms with Crippen LogP contribution in [0, 0.1) is 16.7 Å². The molecule has 7 rings (SSSR count). The van der Waals surface area contributed by atoms with Gasteiger partial charge in [-0.25, -0.2) is 9.48 Å². The second-order valence-corrected chi connectivity index (χ2v) is 13.5. The fraction of sp³-hybridized carbons (Fsp3) is 0.282. The van der Waals surface area contributed by atoms with Crippen LogP contribution in [0.15, 0.2) is 109 Å². The summed E-state index contributed by atoms with van der Waals surface area (Å²) in [4.78, 5) is 30.3. The van der Waals surface area contributed by atoms with Crippen LogP contribution in [0.1, 0.15) is 56.0 Å². The lowest BCUT2D eigenvalue weighted by Crippen LogP contribution is -2.40. The van der Waals surface area contributed by atoms with E-state index in [1.807, 2.05) is 98.2 Å². The molecule has 1 spiro atoms. The maximum atomic E-state index is 14.1. The Hall–Kier alpha value is -5.42. The number of hydrogen-bond acceptors (Lipinski definition) is 5. The van der Waals surface area contributed by atoms with Crippen LogP contribution in [-0.2, 0) is 15.1 Å². The van der Waals surface area contributed by atoms with Crippen molar-refractivity contribution in [3.8, 4) is 6.07 Å². The molecule has 2 aliphatic rings. The van der Waals surface area contributed by atoms with Gasteiger partial charge in [0.05, 0.1) is 10.9 Å². The largest absolute Gasteiger partial charge is 0.444 e. The minimum absolute atomic E-state index is 0.000937. The number of carbonyl (C=O) groups excluding carboxylic acids is 2. The minimum atomic E-state index is -0.888. The van der Waals surface area contributed by atoms with Crippen LogP contribution in [0.4, 0.5) is 10.5 Å². The summed E-state index contributed by atoms with van der Waals surface area (Å²) >= 11 is 0. The number of nitrogens with zero attached hydrogens (tertiary/aromatic N) is 5. The normalized spacial score (nSPS) is 18.2. The molecular formula is C39H37N5O3. The number of benzene rings is 4. The van der Waals surface area contributed by atoms with Gasteiger partial charge in [-0.1, -0.05) is 91.0 Å². The zero-order valence-corrected chi connectivity index (χ0v) is 26.9. The number of aromatic nitrogens is 2. The van der Waals surface area contributed by atoms with E-state index in [-0.39, 0.29) is 17.7 Å². The maximum Gasteiger partial charge on any atom is 0.410 e. The quantitative estimate of drug-likeness (QED) is 0.195. The lowest BCUT2D eigenvalue weighted by atomic mass is 9.77. The van der Waals surface area contributed by atoms with Crippen LogP contribution in [0.3, 0.4) is 0 Å². The molecule has 236 valence electrons. The lowest BCUT2D eigenvalue weighted by Gasteiger charge is -2.37. The van der Waals surface area contributed by atoms with Crippen molar-refractivity contribution in [2.75, 3.05) is 24.5 Å². The van der Waals surface area contributed by atoms with E-state index in [2.05, 4.69) is 42.5 Å². The van der Waals surface area contributed by atoms with Gasteiger partial charge in [0.2, 0.25) is 5.91 Å². The molecular weight excluding hydrogens is 586 g/mol. The monoisotopic (exact) mass is 623 g/mol. The Bertz CT molecular complexity index is 1900. The Kier molecular flexibility index (Phi) is 7.35. The van der Waals surface area contributed by atoms with Crippen LogP contribution >= 0.6 is 0 Å². The Labute approximate surface area is 274 Å². The van der Waals surface area contributed by atoms with Crippen LogP contribution < -0.4 is 4.90 Å². The molecule has 2 saturated heterocycles. The van der Waals surface area contributed by atoms with Gasteiger partial charge in [0, 0.05) is 30.7 Å². The number of carbonyl (C=O) groups is 2. The highest BCUT2D eigenvalue weighted by Gasteiger charge is 2.52. The van der Waals surface area contributed by atoms with Gasteiger partial charge in [-0.3, -0.25) is 4.79 Å². The Balaban J connectivity index is 1.32. The molecule has 4 aromatic carbocycles. The summed E-state index contributed by atoms with van der Waals surface area (Å²) in [5.41, 5.74) is 2.66. The van der Waals surface area contributed by atoms with Crippen molar-refractivity contribution in [2.24, 2.45) is 5.41 Å². The predicted molar refractivity (Wildman–Crippen MR) is 181 cm³/mol. The summed E-state index contributed by atoms with van der Waals surface area (Å²) in [5.74, 6) is 0.000937. The van der Waals surface area contributed by atoms with Crippen molar-refractivity contribution in [3.63, 3.8) is 0 Å². The van der Waals surface area contributed by atoms with Gasteiger partial charge >= 0.3 is 6.09 Å². The zero-order valence-electron chi connectivity index (χ0n) is 26.9. The SMILES string of the molecule is CC(C)(C)OC(=O)N1CC[C@]2(CCN(c3ccc4c(c3)c(C#N)nn4C(c3ccccc3)(c3ccccc3)c3ccccc3)C2=O)C1. The van der Waals surface area contributed by atoms with E-state index >= 15 is 0 Å². The van der Waals surface area contributed by atoms with E-state index in [1.165, 1.54) is 0 Å². The van der Waals surface area contributed by atoms with Crippen molar-refractivity contribution < 1.29 is 14.3 Å². The minimum Gasteiger partial charge on any atom is -0.444 e. The van der Waals surface area contributed by atoms with Gasteiger partial charge in [0.25, 0.3) is 0 Å². The molecule has 2 fully saturated rings. The maximum absolute atomic E-state index is 14.1. The second-order valence-electron chi connectivity index (χ2n) is 13.5. The number of amides is 2. The highest BCUT2D eigenvalue weighted by atomic mass is 16.6. The van der Waals surface area contributed by atoms with Crippen molar-refractivity contribution in [1.82, 2.24) is 14.7 Å². The molecule has 1 aromatic heterocycles. The first-order valence-corrected chi connectivity index (χ1v) is 16.1. The molecule has 2 aliphatic heterocycles. The van der Waals surface area contributed by atoms with Gasteiger partial charge < -0.3 is 14.5 Å². The van der Waals surface area contributed by atoms with E-state index in [4.69, 9.17) is 9.84 Å². The molecule has 47 heavy (non-hydrogen) atoms. The van der Waals surface area contributed by atoms with Gasteiger partial charge in [-0.2, -0.15) is 10.4 Å². The highest BCUT2D eigenvalue weighted by Crippen LogP contribution is 2.45. The molecule has 8 heteroatoms. The number of nitriles is 1. The molecule has 0 radical (unpaired) electrons. The van der Waals surface area contributed by atoms with Crippen molar-refractivity contribution in [2.45, 2.75) is 44.8 Å². The standard InChI is InChI=1S/C39H37N5O3/c1-37(2,3)47-36(46)42-23-21-38(27-42)22-24-43(35(38)45)31-19-20-34-32(25-31)33(26-40)41-44(34)39(28-13-7-4-8-14-28,29-15-9-5-10-16-29)30-17-11-6-12-18-30/h4-20,25H,21-24,27H2,1-3H3/t38-/m0/s1. The number of likely N-dealkylation sites (tertiary alicyclic amines) is 1. The molecule has 3 heterocycles. The first-order chi connectivity index (χ1) is 22.7. The van der Waals surface area contributed by atoms with Crippen molar-refractivity contribution in [1.29, 1.82) is 5.26 Å². The highest BCUT2D eigenvalue weighted by molar-refractivity contribution is 6.02. The van der Waals surface area contributed by atoms with E-state index < -0.39 is 16.6 Å². The molecule has 0 aliphatic carbocycles. The van der Waals surface area contributed by atoms with E-state index in [1.54, 1.807) is 9.80 Å². The van der Waals surface area contributed by atoms with E-state index in [0.717, 1.165) is 27.9 Å². The summed E-state index contributed by atoms with van der Waals surface area (Å²) in [6, 6.07) is 38.9. The molecule has 0 unspecified atom stereocenters. The number of ether oxygens (including phenoxy) is 1. The third-order valence-corrected chi connectivity index (χ3v) is 9.49. The summed E-state index contributed by atoms with van der Waals surface area (Å²) in [6.07, 6.45) is 0.859. The Morgan fingerprint density at radius 1 is 0.830 bits per heavy atom. The van der Waals surface area contributed by atoms with Gasteiger partial charge in [-0.05, 0) is 68.5 Å². The molecule has 1 atom stereocenters. The topological polar surface area (TPSA) is 91.5 Å².